The highest BCUT2D eigenvalue weighted by Crippen LogP contribution is 2.24. The fourth-order valence-corrected chi connectivity index (χ4v) is 3.18. The number of nitrogens with zero attached hydrogens (tertiary/aromatic N) is 2. The van der Waals surface area contributed by atoms with Crippen LogP contribution in [0.1, 0.15) is 29.8 Å². The van der Waals surface area contributed by atoms with E-state index in [9.17, 15) is 14.0 Å². The smallest absolute Gasteiger partial charge is 0.337 e. The van der Waals surface area contributed by atoms with Crippen LogP contribution in [-0.4, -0.2) is 21.8 Å². The van der Waals surface area contributed by atoms with Crippen molar-refractivity contribution in [3.05, 3.63) is 88.2 Å². The first-order valence-electron chi connectivity index (χ1n) is 9.72. The van der Waals surface area contributed by atoms with Gasteiger partial charge in [-0.05, 0) is 32.0 Å². The van der Waals surface area contributed by atoms with Crippen molar-refractivity contribution < 1.29 is 18.3 Å². The minimum atomic E-state index is -0.649. The van der Waals surface area contributed by atoms with Crippen LogP contribution < -0.4 is 15.7 Å². The monoisotopic (exact) mass is 421 g/mol. The van der Waals surface area contributed by atoms with E-state index >= 15 is 0 Å². The zero-order chi connectivity index (χ0) is 22.0. The number of anilines is 1. The highest BCUT2D eigenvalue weighted by molar-refractivity contribution is 6.11. The molecule has 2 aromatic heterocycles. The molecule has 0 fully saturated rings. The molecule has 7 nitrogen and oxygen atoms in total. The Kier molecular flexibility index (Phi) is 5.53. The van der Waals surface area contributed by atoms with Crippen LogP contribution in [0.3, 0.4) is 0 Å². The number of halogens is 1. The van der Waals surface area contributed by atoms with Gasteiger partial charge in [0.25, 0.3) is 5.91 Å². The number of ether oxygens (including phenoxy) is 1. The Bertz CT molecular complexity index is 1310. The van der Waals surface area contributed by atoms with Gasteiger partial charge in [0, 0.05) is 35.3 Å². The molecule has 2 heterocycles. The summed E-state index contributed by atoms with van der Waals surface area (Å²) in [6.45, 7) is 3.99. The number of carbonyl (C=O) groups is 1. The summed E-state index contributed by atoms with van der Waals surface area (Å²) in [7, 11) is 0. The molecule has 0 spiro atoms. The largest absolute Gasteiger partial charge is 0.491 e. The SMILES string of the molecule is CC(C)Oc1ccc2c(C(=O)Nc3ccn(Cc4ccccc4F)n3)cc(=O)oc2c1. The molecule has 4 aromatic rings. The molecule has 1 amide bonds. The number of aromatic nitrogens is 2. The van der Waals surface area contributed by atoms with Gasteiger partial charge in [-0.3, -0.25) is 9.48 Å². The molecule has 8 heteroatoms. The number of amides is 1. The van der Waals surface area contributed by atoms with E-state index in [2.05, 4.69) is 10.4 Å². The number of rotatable bonds is 6. The molecule has 0 aliphatic carbocycles. The number of hydrogen-bond acceptors (Lipinski definition) is 5. The van der Waals surface area contributed by atoms with E-state index in [1.54, 1.807) is 48.7 Å². The quantitative estimate of drug-likeness (QED) is 0.471. The van der Waals surface area contributed by atoms with E-state index in [1.165, 1.54) is 10.7 Å². The van der Waals surface area contributed by atoms with Crippen LogP contribution in [0, 0.1) is 5.82 Å². The predicted octanol–water partition coefficient (Wildman–Crippen LogP) is 4.22. The summed E-state index contributed by atoms with van der Waals surface area (Å²) in [6, 6.07) is 14.1. The molecule has 158 valence electrons. The second kappa shape index (κ2) is 8.43. The Morgan fingerprint density at radius 1 is 1.19 bits per heavy atom. The standard InChI is InChI=1S/C23H20FN3O4/c1-14(2)30-16-7-8-17-18(12-22(28)31-20(17)11-16)23(29)25-21-9-10-27(26-21)13-15-5-3-4-6-19(15)24/h3-12,14H,13H2,1-2H3,(H,25,26,29). The van der Waals surface area contributed by atoms with Crippen molar-refractivity contribution >= 4 is 22.7 Å². The molecule has 2 aromatic carbocycles. The molecular formula is C23H20FN3O4. The fourth-order valence-electron chi connectivity index (χ4n) is 3.18. The second-order valence-corrected chi connectivity index (χ2v) is 7.25. The molecular weight excluding hydrogens is 401 g/mol. The van der Waals surface area contributed by atoms with Gasteiger partial charge in [0.2, 0.25) is 0 Å². The minimum absolute atomic E-state index is 0.0462. The summed E-state index contributed by atoms with van der Waals surface area (Å²) in [5.74, 6) is -0.0176. The molecule has 0 radical (unpaired) electrons. The molecule has 0 aliphatic heterocycles. The van der Waals surface area contributed by atoms with E-state index in [1.807, 2.05) is 13.8 Å². The molecule has 0 aliphatic rings. The third-order valence-electron chi connectivity index (χ3n) is 4.50. The number of nitrogens with one attached hydrogen (secondary N) is 1. The van der Waals surface area contributed by atoms with Crippen LogP contribution >= 0.6 is 0 Å². The third kappa shape index (κ3) is 4.63. The summed E-state index contributed by atoms with van der Waals surface area (Å²) in [5, 5.41) is 7.40. The molecule has 1 N–H and O–H groups in total. The highest BCUT2D eigenvalue weighted by atomic mass is 19.1. The van der Waals surface area contributed by atoms with Gasteiger partial charge in [-0.25, -0.2) is 9.18 Å². The van der Waals surface area contributed by atoms with Gasteiger partial charge >= 0.3 is 5.63 Å². The highest BCUT2D eigenvalue weighted by Gasteiger charge is 2.16. The van der Waals surface area contributed by atoms with Crippen LogP contribution in [0.25, 0.3) is 11.0 Å². The Morgan fingerprint density at radius 2 is 2.00 bits per heavy atom. The van der Waals surface area contributed by atoms with Gasteiger partial charge in [-0.2, -0.15) is 5.10 Å². The van der Waals surface area contributed by atoms with E-state index < -0.39 is 11.5 Å². The topological polar surface area (TPSA) is 86.4 Å². The van der Waals surface area contributed by atoms with Crippen molar-refractivity contribution in [3.8, 4) is 5.75 Å². The Labute approximate surface area is 177 Å². The van der Waals surface area contributed by atoms with Crippen molar-refractivity contribution in [3.63, 3.8) is 0 Å². The second-order valence-electron chi connectivity index (χ2n) is 7.25. The lowest BCUT2D eigenvalue weighted by molar-refractivity contribution is 0.102. The van der Waals surface area contributed by atoms with Crippen molar-refractivity contribution in [2.24, 2.45) is 0 Å². The van der Waals surface area contributed by atoms with Crippen LogP contribution in [0.4, 0.5) is 10.2 Å². The van der Waals surface area contributed by atoms with Crippen molar-refractivity contribution in [2.75, 3.05) is 5.32 Å². The molecule has 0 unspecified atom stereocenters. The fraction of sp³-hybridized carbons (Fsp3) is 0.174. The number of carbonyl (C=O) groups excluding carboxylic acids is 1. The number of hydrogen-bond donors (Lipinski definition) is 1. The van der Waals surface area contributed by atoms with Gasteiger partial charge in [0.1, 0.15) is 17.1 Å². The predicted molar refractivity (Wildman–Crippen MR) is 114 cm³/mol. The summed E-state index contributed by atoms with van der Waals surface area (Å²) in [5.41, 5.74) is 0.242. The molecule has 0 saturated heterocycles. The average Bonchev–Trinajstić information content (AvgIpc) is 3.15. The minimum Gasteiger partial charge on any atom is -0.491 e. The Balaban J connectivity index is 1.57. The Morgan fingerprint density at radius 3 is 2.77 bits per heavy atom. The van der Waals surface area contributed by atoms with Gasteiger partial charge in [-0.15, -0.1) is 0 Å². The summed E-state index contributed by atoms with van der Waals surface area (Å²) in [4.78, 5) is 24.8. The summed E-state index contributed by atoms with van der Waals surface area (Å²) >= 11 is 0. The van der Waals surface area contributed by atoms with Crippen LogP contribution in [0.15, 0.2) is 70.0 Å². The molecule has 0 atom stereocenters. The first-order chi connectivity index (χ1) is 14.9. The van der Waals surface area contributed by atoms with Crippen molar-refractivity contribution in [1.29, 1.82) is 0 Å². The van der Waals surface area contributed by atoms with Crippen molar-refractivity contribution in [1.82, 2.24) is 9.78 Å². The van der Waals surface area contributed by atoms with Gasteiger partial charge in [0.05, 0.1) is 18.2 Å². The van der Waals surface area contributed by atoms with E-state index in [-0.39, 0.29) is 35.4 Å². The maximum atomic E-state index is 13.8. The molecule has 4 rings (SSSR count). The van der Waals surface area contributed by atoms with Gasteiger partial charge in [0.15, 0.2) is 5.82 Å². The third-order valence-corrected chi connectivity index (χ3v) is 4.50. The molecule has 0 saturated carbocycles. The van der Waals surface area contributed by atoms with Crippen molar-refractivity contribution in [2.45, 2.75) is 26.5 Å². The van der Waals surface area contributed by atoms with E-state index in [0.29, 0.717) is 16.7 Å². The maximum absolute atomic E-state index is 13.8. The zero-order valence-corrected chi connectivity index (χ0v) is 17.0. The lowest BCUT2D eigenvalue weighted by atomic mass is 10.1. The van der Waals surface area contributed by atoms with Crippen LogP contribution in [0.5, 0.6) is 5.75 Å². The summed E-state index contributed by atoms with van der Waals surface area (Å²) < 4.78 is 26.2. The number of fused-ring (bicyclic) bond motifs is 1. The summed E-state index contributed by atoms with van der Waals surface area (Å²) in [6.07, 6.45) is 1.59. The first-order valence-corrected chi connectivity index (χ1v) is 9.72. The zero-order valence-electron chi connectivity index (χ0n) is 17.0. The molecule has 0 bridgehead atoms. The van der Waals surface area contributed by atoms with Crippen LogP contribution in [0.2, 0.25) is 0 Å². The average molecular weight is 421 g/mol. The van der Waals surface area contributed by atoms with Gasteiger partial charge < -0.3 is 14.5 Å². The molecule has 31 heavy (non-hydrogen) atoms. The Hall–Kier alpha value is -3.94. The van der Waals surface area contributed by atoms with Crippen LogP contribution in [-0.2, 0) is 6.54 Å². The maximum Gasteiger partial charge on any atom is 0.337 e. The normalized spacial score (nSPS) is 11.1. The lowest BCUT2D eigenvalue weighted by Gasteiger charge is -2.11. The van der Waals surface area contributed by atoms with E-state index in [4.69, 9.17) is 9.15 Å². The number of benzene rings is 2. The first kappa shape index (κ1) is 20.3. The lowest BCUT2D eigenvalue weighted by Crippen LogP contribution is -2.16. The van der Waals surface area contributed by atoms with Gasteiger partial charge in [-0.1, -0.05) is 18.2 Å². The van der Waals surface area contributed by atoms with E-state index in [0.717, 1.165) is 6.07 Å².